The number of anilines is 3. The molecule has 0 saturated carbocycles. The molecule has 0 radical (unpaired) electrons. The summed E-state index contributed by atoms with van der Waals surface area (Å²) in [6.07, 6.45) is 0. The van der Waals surface area contributed by atoms with Crippen LogP contribution < -0.4 is 20.7 Å². The molecule has 1 amide bonds. The first-order valence-corrected chi connectivity index (χ1v) is 6.83. The number of hydrogen-bond acceptors (Lipinski definition) is 4. The zero-order valence-corrected chi connectivity index (χ0v) is 11.8. The number of ether oxygens (including phenoxy) is 1. The SMILES string of the molecule is COc1cccc(NC(=O)c2ccc3c(c2)NCCN3)c1. The number of nitrogens with one attached hydrogen (secondary N) is 3. The van der Waals surface area contributed by atoms with Crippen molar-refractivity contribution in [3.63, 3.8) is 0 Å². The van der Waals surface area contributed by atoms with E-state index in [1.807, 2.05) is 36.4 Å². The fourth-order valence-corrected chi connectivity index (χ4v) is 2.28. The van der Waals surface area contributed by atoms with E-state index in [4.69, 9.17) is 4.74 Å². The molecular weight excluding hydrogens is 266 g/mol. The zero-order valence-electron chi connectivity index (χ0n) is 11.8. The van der Waals surface area contributed by atoms with Crippen molar-refractivity contribution in [1.29, 1.82) is 0 Å². The fourth-order valence-electron chi connectivity index (χ4n) is 2.28. The Morgan fingerprint density at radius 1 is 1.10 bits per heavy atom. The van der Waals surface area contributed by atoms with Crippen molar-refractivity contribution in [3.8, 4) is 5.75 Å². The van der Waals surface area contributed by atoms with E-state index in [-0.39, 0.29) is 5.91 Å². The Kier molecular flexibility index (Phi) is 3.64. The predicted octanol–water partition coefficient (Wildman–Crippen LogP) is 2.78. The Morgan fingerprint density at radius 2 is 1.90 bits per heavy atom. The maximum Gasteiger partial charge on any atom is 0.255 e. The standard InChI is InChI=1S/C16H17N3O2/c1-21-13-4-2-3-12(10-13)19-16(20)11-5-6-14-15(9-11)18-8-7-17-14/h2-6,9-10,17-18H,7-8H2,1H3,(H,19,20). The van der Waals surface area contributed by atoms with E-state index in [2.05, 4.69) is 16.0 Å². The first-order valence-electron chi connectivity index (χ1n) is 6.83. The van der Waals surface area contributed by atoms with Crippen molar-refractivity contribution < 1.29 is 9.53 Å². The molecular formula is C16H17N3O2. The van der Waals surface area contributed by atoms with Crippen molar-refractivity contribution in [3.05, 3.63) is 48.0 Å². The van der Waals surface area contributed by atoms with Crippen LogP contribution in [0, 0.1) is 0 Å². The van der Waals surface area contributed by atoms with Gasteiger partial charge >= 0.3 is 0 Å². The van der Waals surface area contributed by atoms with Crippen LogP contribution in [0.15, 0.2) is 42.5 Å². The number of methoxy groups -OCH3 is 1. The highest BCUT2D eigenvalue weighted by molar-refractivity contribution is 6.05. The number of carbonyl (C=O) groups excluding carboxylic acids is 1. The van der Waals surface area contributed by atoms with Gasteiger partial charge in [-0.3, -0.25) is 4.79 Å². The highest BCUT2D eigenvalue weighted by Gasteiger charge is 2.12. The summed E-state index contributed by atoms with van der Waals surface area (Å²) < 4.78 is 5.15. The summed E-state index contributed by atoms with van der Waals surface area (Å²) in [4.78, 5) is 12.3. The lowest BCUT2D eigenvalue weighted by atomic mass is 10.1. The molecule has 2 aromatic carbocycles. The van der Waals surface area contributed by atoms with Gasteiger partial charge in [0.25, 0.3) is 5.91 Å². The van der Waals surface area contributed by atoms with Gasteiger partial charge in [0.1, 0.15) is 5.75 Å². The molecule has 5 nitrogen and oxygen atoms in total. The van der Waals surface area contributed by atoms with Gasteiger partial charge in [0.05, 0.1) is 18.5 Å². The lowest BCUT2D eigenvalue weighted by Crippen LogP contribution is -2.21. The van der Waals surface area contributed by atoms with E-state index in [0.717, 1.165) is 24.5 Å². The Bertz CT molecular complexity index is 670. The maximum absolute atomic E-state index is 12.3. The zero-order chi connectivity index (χ0) is 14.7. The Balaban J connectivity index is 1.78. The Morgan fingerprint density at radius 3 is 2.71 bits per heavy atom. The molecule has 0 aromatic heterocycles. The highest BCUT2D eigenvalue weighted by Crippen LogP contribution is 2.26. The average Bonchev–Trinajstić information content (AvgIpc) is 2.54. The van der Waals surface area contributed by atoms with Gasteiger partial charge in [0, 0.05) is 30.4 Å². The topological polar surface area (TPSA) is 62.4 Å². The molecule has 5 heteroatoms. The maximum atomic E-state index is 12.3. The van der Waals surface area contributed by atoms with E-state index < -0.39 is 0 Å². The third-order valence-electron chi connectivity index (χ3n) is 3.37. The minimum absolute atomic E-state index is 0.140. The number of fused-ring (bicyclic) bond motifs is 1. The van der Waals surface area contributed by atoms with E-state index in [1.54, 1.807) is 13.2 Å². The highest BCUT2D eigenvalue weighted by atomic mass is 16.5. The summed E-state index contributed by atoms with van der Waals surface area (Å²) in [6.45, 7) is 1.75. The Labute approximate surface area is 123 Å². The molecule has 1 aliphatic heterocycles. The minimum atomic E-state index is -0.140. The van der Waals surface area contributed by atoms with Crippen molar-refractivity contribution in [2.24, 2.45) is 0 Å². The van der Waals surface area contributed by atoms with Gasteiger partial charge in [-0.05, 0) is 30.3 Å². The first-order chi connectivity index (χ1) is 10.3. The van der Waals surface area contributed by atoms with Gasteiger partial charge in [0.15, 0.2) is 0 Å². The van der Waals surface area contributed by atoms with Gasteiger partial charge in [-0.15, -0.1) is 0 Å². The summed E-state index contributed by atoms with van der Waals surface area (Å²) in [5.74, 6) is 0.572. The second-order valence-corrected chi connectivity index (χ2v) is 4.80. The van der Waals surface area contributed by atoms with Crippen molar-refractivity contribution >= 4 is 23.0 Å². The van der Waals surface area contributed by atoms with Gasteiger partial charge in [0.2, 0.25) is 0 Å². The second kappa shape index (κ2) is 5.75. The van der Waals surface area contributed by atoms with Crippen molar-refractivity contribution in [2.75, 3.05) is 36.1 Å². The van der Waals surface area contributed by atoms with Crippen LogP contribution in [0.3, 0.4) is 0 Å². The molecule has 0 atom stereocenters. The number of benzene rings is 2. The smallest absolute Gasteiger partial charge is 0.255 e. The molecule has 0 aliphatic carbocycles. The fraction of sp³-hybridized carbons (Fsp3) is 0.188. The second-order valence-electron chi connectivity index (χ2n) is 4.80. The first kappa shape index (κ1) is 13.3. The quantitative estimate of drug-likeness (QED) is 0.810. The van der Waals surface area contributed by atoms with Crippen LogP contribution in [0.25, 0.3) is 0 Å². The molecule has 21 heavy (non-hydrogen) atoms. The lowest BCUT2D eigenvalue weighted by Gasteiger charge is -2.20. The molecule has 0 bridgehead atoms. The van der Waals surface area contributed by atoms with Gasteiger partial charge in [-0.2, -0.15) is 0 Å². The normalized spacial score (nSPS) is 12.6. The lowest BCUT2D eigenvalue weighted by molar-refractivity contribution is 0.102. The van der Waals surface area contributed by atoms with E-state index in [0.29, 0.717) is 17.0 Å². The molecule has 0 fully saturated rings. The van der Waals surface area contributed by atoms with E-state index in [9.17, 15) is 4.79 Å². The van der Waals surface area contributed by atoms with Crippen LogP contribution in [0.4, 0.5) is 17.1 Å². The number of rotatable bonds is 3. The van der Waals surface area contributed by atoms with Crippen molar-refractivity contribution in [1.82, 2.24) is 0 Å². The van der Waals surface area contributed by atoms with Crippen LogP contribution in [0.5, 0.6) is 5.75 Å². The van der Waals surface area contributed by atoms with Crippen molar-refractivity contribution in [2.45, 2.75) is 0 Å². The molecule has 3 rings (SSSR count). The summed E-state index contributed by atoms with van der Waals surface area (Å²) in [6, 6.07) is 12.9. The van der Waals surface area contributed by atoms with Crippen LogP contribution in [-0.4, -0.2) is 26.1 Å². The largest absolute Gasteiger partial charge is 0.497 e. The summed E-state index contributed by atoms with van der Waals surface area (Å²) in [7, 11) is 1.60. The number of carbonyl (C=O) groups is 1. The predicted molar refractivity (Wildman–Crippen MR) is 84.4 cm³/mol. The molecule has 1 heterocycles. The Hall–Kier alpha value is -2.69. The monoisotopic (exact) mass is 283 g/mol. The molecule has 0 unspecified atom stereocenters. The van der Waals surface area contributed by atoms with Crippen LogP contribution >= 0.6 is 0 Å². The average molecular weight is 283 g/mol. The number of amides is 1. The minimum Gasteiger partial charge on any atom is -0.497 e. The van der Waals surface area contributed by atoms with Crippen LogP contribution in [0.1, 0.15) is 10.4 Å². The van der Waals surface area contributed by atoms with Gasteiger partial charge in [-0.25, -0.2) is 0 Å². The third-order valence-corrected chi connectivity index (χ3v) is 3.37. The third kappa shape index (κ3) is 2.91. The molecule has 3 N–H and O–H groups in total. The molecule has 1 aliphatic rings. The summed E-state index contributed by atoms with van der Waals surface area (Å²) in [5, 5.41) is 9.43. The van der Waals surface area contributed by atoms with Gasteiger partial charge < -0.3 is 20.7 Å². The summed E-state index contributed by atoms with van der Waals surface area (Å²) in [5.41, 5.74) is 3.31. The summed E-state index contributed by atoms with van der Waals surface area (Å²) >= 11 is 0. The van der Waals surface area contributed by atoms with Gasteiger partial charge in [-0.1, -0.05) is 6.07 Å². The van der Waals surface area contributed by atoms with E-state index in [1.165, 1.54) is 0 Å². The molecule has 0 spiro atoms. The molecule has 0 saturated heterocycles. The molecule has 2 aromatic rings. The van der Waals surface area contributed by atoms with Crippen LogP contribution in [-0.2, 0) is 0 Å². The number of hydrogen-bond donors (Lipinski definition) is 3. The molecule has 108 valence electrons. The van der Waals surface area contributed by atoms with E-state index >= 15 is 0 Å². The van der Waals surface area contributed by atoms with Crippen LogP contribution in [0.2, 0.25) is 0 Å².